The van der Waals surface area contributed by atoms with Crippen LogP contribution >= 0.6 is 0 Å². The van der Waals surface area contributed by atoms with E-state index in [2.05, 4.69) is 9.80 Å². The van der Waals surface area contributed by atoms with Gasteiger partial charge in [-0.2, -0.15) is 0 Å². The molecule has 2 rings (SSSR count). The minimum absolute atomic E-state index is 0.317. The molecule has 2 aliphatic rings. The van der Waals surface area contributed by atoms with Gasteiger partial charge in [-0.25, -0.2) is 0 Å². The van der Waals surface area contributed by atoms with Crippen molar-refractivity contribution in [2.75, 3.05) is 32.7 Å². The van der Waals surface area contributed by atoms with E-state index in [0.29, 0.717) is 24.9 Å². The maximum Gasteiger partial charge on any atom is 0.222 e. The van der Waals surface area contributed by atoms with E-state index < -0.39 is 0 Å². The minimum Gasteiger partial charge on any atom is -0.338 e. The van der Waals surface area contributed by atoms with Gasteiger partial charge in [0.05, 0.1) is 0 Å². The van der Waals surface area contributed by atoms with Crippen LogP contribution in [0.15, 0.2) is 0 Å². The molecule has 0 radical (unpaired) electrons. The van der Waals surface area contributed by atoms with Gasteiger partial charge in [-0.05, 0) is 51.7 Å². The van der Waals surface area contributed by atoms with Crippen LogP contribution in [-0.2, 0) is 4.79 Å². The number of hydrogen-bond acceptors (Lipinski definition) is 3. The van der Waals surface area contributed by atoms with Crippen LogP contribution in [0.25, 0.3) is 0 Å². The number of carbonyl (C=O) groups is 1. The molecule has 2 N–H and O–H groups in total. The first kappa shape index (κ1) is 12.8. The van der Waals surface area contributed by atoms with E-state index in [4.69, 9.17) is 5.73 Å². The van der Waals surface area contributed by atoms with Gasteiger partial charge in [0.15, 0.2) is 0 Å². The molecular weight excluding hydrogens is 214 g/mol. The van der Waals surface area contributed by atoms with Crippen molar-refractivity contribution in [3.63, 3.8) is 0 Å². The third-order valence-electron chi connectivity index (χ3n) is 3.96. The molecule has 0 aromatic rings. The van der Waals surface area contributed by atoms with E-state index in [-0.39, 0.29) is 0 Å². The van der Waals surface area contributed by atoms with Crippen LogP contribution in [-0.4, -0.2) is 54.5 Å². The zero-order chi connectivity index (χ0) is 12.1. The molecule has 1 unspecified atom stereocenters. The van der Waals surface area contributed by atoms with Crippen LogP contribution in [0.1, 0.15) is 38.5 Å². The van der Waals surface area contributed by atoms with Gasteiger partial charge in [-0.3, -0.25) is 4.79 Å². The highest BCUT2D eigenvalue weighted by atomic mass is 16.2. The maximum absolute atomic E-state index is 12.0. The zero-order valence-electron chi connectivity index (χ0n) is 10.7. The number of nitrogens with two attached hydrogens (primary N) is 1. The largest absolute Gasteiger partial charge is 0.338 e. The Balaban J connectivity index is 1.81. The molecule has 98 valence electrons. The minimum atomic E-state index is 0.317. The Morgan fingerprint density at radius 1 is 1.18 bits per heavy atom. The Morgan fingerprint density at radius 2 is 1.94 bits per heavy atom. The van der Waals surface area contributed by atoms with Crippen molar-refractivity contribution >= 4 is 5.91 Å². The first-order chi connectivity index (χ1) is 8.31. The first-order valence-electron chi connectivity index (χ1n) is 7.03. The lowest BCUT2D eigenvalue weighted by molar-refractivity contribution is -0.132. The van der Waals surface area contributed by atoms with E-state index in [1.807, 2.05) is 0 Å². The number of likely N-dealkylation sites (tertiary alicyclic amines) is 2. The summed E-state index contributed by atoms with van der Waals surface area (Å²) in [6.07, 6.45) is 6.47. The number of carbonyl (C=O) groups excluding carboxylic acids is 1. The quantitative estimate of drug-likeness (QED) is 0.772. The van der Waals surface area contributed by atoms with Crippen LogP contribution in [0.4, 0.5) is 0 Å². The summed E-state index contributed by atoms with van der Waals surface area (Å²) in [5.41, 5.74) is 5.46. The average Bonchev–Trinajstić information content (AvgIpc) is 2.97. The zero-order valence-corrected chi connectivity index (χ0v) is 10.7. The highest BCUT2D eigenvalue weighted by Crippen LogP contribution is 2.21. The predicted molar refractivity (Wildman–Crippen MR) is 68.7 cm³/mol. The molecule has 0 saturated carbocycles. The van der Waals surface area contributed by atoms with Gasteiger partial charge in [0.1, 0.15) is 0 Å². The lowest BCUT2D eigenvalue weighted by Crippen LogP contribution is -2.42. The van der Waals surface area contributed by atoms with E-state index in [1.165, 1.54) is 38.8 Å². The molecule has 1 atom stereocenters. The second-order valence-corrected chi connectivity index (χ2v) is 5.28. The van der Waals surface area contributed by atoms with E-state index in [0.717, 1.165) is 19.5 Å². The van der Waals surface area contributed by atoms with Gasteiger partial charge in [-0.15, -0.1) is 0 Å². The summed E-state index contributed by atoms with van der Waals surface area (Å²) in [5.74, 6) is 0.317. The van der Waals surface area contributed by atoms with Crippen molar-refractivity contribution in [3.05, 3.63) is 0 Å². The summed E-state index contributed by atoms with van der Waals surface area (Å²) in [6.45, 7) is 5.12. The topological polar surface area (TPSA) is 49.6 Å². The van der Waals surface area contributed by atoms with Gasteiger partial charge in [0, 0.05) is 25.6 Å². The Labute approximate surface area is 104 Å². The summed E-state index contributed by atoms with van der Waals surface area (Å²) >= 11 is 0. The second-order valence-electron chi connectivity index (χ2n) is 5.28. The lowest BCUT2D eigenvalue weighted by Gasteiger charge is -2.28. The molecule has 17 heavy (non-hydrogen) atoms. The highest BCUT2D eigenvalue weighted by molar-refractivity contribution is 5.76. The van der Waals surface area contributed by atoms with Gasteiger partial charge < -0.3 is 15.5 Å². The second kappa shape index (κ2) is 6.36. The molecule has 4 heteroatoms. The molecule has 2 aliphatic heterocycles. The van der Waals surface area contributed by atoms with Crippen molar-refractivity contribution in [3.8, 4) is 0 Å². The fourth-order valence-corrected chi connectivity index (χ4v) is 3.01. The molecule has 0 aromatic carbocycles. The van der Waals surface area contributed by atoms with Crippen molar-refractivity contribution in [1.29, 1.82) is 0 Å². The van der Waals surface area contributed by atoms with Crippen molar-refractivity contribution in [1.82, 2.24) is 9.80 Å². The van der Waals surface area contributed by atoms with Crippen LogP contribution in [0, 0.1) is 0 Å². The van der Waals surface area contributed by atoms with Gasteiger partial charge in [0.25, 0.3) is 0 Å². The molecule has 4 nitrogen and oxygen atoms in total. The first-order valence-corrected chi connectivity index (χ1v) is 7.03. The Morgan fingerprint density at radius 3 is 2.65 bits per heavy atom. The summed E-state index contributed by atoms with van der Waals surface area (Å²) in [7, 11) is 0. The standard InChI is InChI=1S/C13H25N3O/c14-7-3-6-13(17)16-10-4-5-12(16)11-15-8-1-2-9-15/h12H,1-11,14H2. The normalized spacial score (nSPS) is 25.7. The SMILES string of the molecule is NCCCC(=O)N1CCCC1CN1CCCC1. The molecule has 0 aromatic heterocycles. The summed E-state index contributed by atoms with van der Waals surface area (Å²) < 4.78 is 0. The van der Waals surface area contributed by atoms with Gasteiger partial charge in [0.2, 0.25) is 5.91 Å². The molecule has 1 amide bonds. The third-order valence-corrected chi connectivity index (χ3v) is 3.96. The van der Waals surface area contributed by atoms with Gasteiger partial charge in [-0.1, -0.05) is 0 Å². The number of amides is 1. The molecule has 2 fully saturated rings. The van der Waals surface area contributed by atoms with Crippen LogP contribution < -0.4 is 5.73 Å². The average molecular weight is 239 g/mol. The lowest BCUT2D eigenvalue weighted by atomic mass is 10.2. The predicted octanol–water partition coefficient (Wildman–Crippen LogP) is 0.812. The Hall–Kier alpha value is -0.610. The van der Waals surface area contributed by atoms with Crippen molar-refractivity contribution in [2.24, 2.45) is 5.73 Å². The Kier molecular flexibility index (Phi) is 4.80. The Bertz CT molecular complexity index is 251. The van der Waals surface area contributed by atoms with Gasteiger partial charge >= 0.3 is 0 Å². The molecule has 0 spiro atoms. The molecule has 0 bridgehead atoms. The highest BCUT2D eigenvalue weighted by Gasteiger charge is 2.30. The maximum atomic E-state index is 12.0. The summed E-state index contributed by atoms with van der Waals surface area (Å²) in [5, 5.41) is 0. The van der Waals surface area contributed by atoms with E-state index in [1.54, 1.807) is 0 Å². The third kappa shape index (κ3) is 3.42. The van der Waals surface area contributed by atoms with Crippen LogP contribution in [0.3, 0.4) is 0 Å². The smallest absolute Gasteiger partial charge is 0.222 e. The van der Waals surface area contributed by atoms with Crippen LogP contribution in [0.5, 0.6) is 0 Å². The molecule has 2 saturated heterocycles. The number of rotatable bonds is 5. The van der Waals surface area contributed by atoms with Crippen LogP contribution in [0.2, 0.25) is 0 Å². The van der Waals surface area contributed by atoms with Crippen molar-refractivity contribution < 1.29 is 4.79 Å². The van der Waals surface area contributed by atoms with E-state index in [9.17, 15) is 4.79 Å². The molecular formula is C13H25N3O. The number of hydrogen-bond donors (Lipinski definition) is 1. The summed E-state index contributed by atoms with van der Waals surface area (Å²) in [6, 6.07) is 0.471. The van der Waals surface area contributed by atoms with E-state index >= 15 is 0 Å². The molecule has 2 heterocycles. The van der Waals surface area contributed by atoms with Crippen molar-refractivity contribution in [2.45, 2.75) is 44.6 Å². The monoisotopic (exact) mass is 239 g/mol. The number of nitrogens with zero attached hydrogens (tertiary/aromatic N) is 2. The molecule has 0 aliphatic carbocycles. The fraction of sp³-hybridized carbons (Fsp3) is 0.923. The summed E-state index contributed by atoms with van der Waals surface area (Å²) in [4.78, 5) is 16.7. The fourth-order valence-electron chi connectivity index (χ4n) is 3.01.